The third-order valence-corrected chi connectivity index (χ3v) is 2.49. The molecule has 0 aliphatic rings. The minimum Gasteiger partial charge on any atom is -0.359 e. The highest BCUT2D eigenvalue weighted by atomic mass is 15.2. The first-order chi connectivity index (χ1) is 7.15. The lowest BCUT2D eigenvalue weighted by Gasteiger charge is -2.21. The fourth-order valence-corrected chi connectivity index (χ4v) is 1.49. The summed E-state index contributed by atoms with van der Waals surface area (Å²) in [5.74, 6) is 1.73. The molecular weight excluding hydrogens is 186 g/mol. The number of hydrogen-bond acceptors (Lipinski definition) is 3. The van der Waals surface area contributed by atoms with Gasteiger partial charge in [0.15, 0.2) is 0 Å². The van der Waals surface area contributed by atoms with Gasteiger partial charge in [-0.15, -0.1) is 0 Å². The van der Waals surface area contributed by atoms with Gasteiger partial charge in [0.25, 0.3) is 0 Å². The van der Waals surface area contributed by atoms with E-state index in [0.29, 0.717) is 6.54 Å². The van der Waals surface area contributed by atoms with E-state index in [2.05, 4.69) is 30.8 Å². The summed E-state index contributed by atoms with van der Waals surface area (Å²) in [6.45, 7) is 6.04. The molecule has 0 unspecified atom stereocenters. The average molecular weight is 207 g/mol. The minimum atomic E-state index is 0.551. The summed E-state index contributed by atoms with van der Waals surface area (Å²) >= 11 is 0. The first-order valence-corrected chi connectivity index (χ1v) is 5.50. The standard InChI is InChI=1S/C12H21N3/c1-10(2)6-8-15(3)12-11(9-13)5-4-7-14-12/h4-5,7,10H,6,8-9,13H2,1-3H3. The van der Waals surface area contributed by atoms with Crippen molar-refractivity contribution in [3.8, 4) is 0 Å². The molecule has 2 N–H and O–H groups in total. The largest absolute Gasteiger partial charge is 0.359 e. The van der Waals surface area contributed by atoms with Crippen molar-refractivity contribution in [2.24, 2.45) is 11.7 Å². The topological polar surface area (TPSA) is 42.2 Å². The number of aromatic nitrogens is 1. The maximum atomic E-state index is 5.68. The van der Waals surface area contributed by atoms with Crippen LogP contribution >= 0.6 is 0 Å². The van der Waals surface area contributed by atoms with E-state index in [0.717, 1.165) is 23.8 Å². The molecular formula is C12H21N3. The molecule has 3 heteroatoms. The zero-order chi connectivity index (χ0) is 11.3. The summed E-state index contributed by atoms with van der Waals surface area (Å²) in [6.07, 6.45) is 3.00. The summed E-state index contributed by atoms with van der Waals surface area (Å²) in [6, 6.07) is 3.97. The minimum absolute atomic E-state index is 0.551. The molecule has 1 heterocycles. The zero-order valence-electron chi connectivity index (χ0n) is 9.90. The molecule has 0 atom stereocenters. The normalized spacial score (nSPS) is 10.7. The predicted octanol–water partition coefficient (Wildman–Crippen LogP) is 2.02. The van der Waals surface area contributed by atoms with Gasteiger partial charge < -0.3 is 10.6 Å². The summed E-state index contributed by atoms with van der Waals surface area (Å²) in [4.78, 5) is 6.56. The van der Waals surface area contributed by atoms with Crippen LogP contribution in [0.25, 0.3) is 0 Å². The second-order valence-electron chi connectivity index (χ2n) is 4.29. The Labute approximate surface area is 92.3 Å². The lowest BCUT2D eigenvalue weighted by atomic mass is 10.1. The third-order valence-electron chi connectivity index (χ3n) is 2.49. The van der Waals surface area contributed by atoms with Crippen LogP contribution in [0.5, 0.6) is 0 Å². The van der Waals surface area contributed by atoms with E-state index in [1.165, 1.54) is 6.42 Å². The van der Waals surface area contributed by atoms with Crippen molar-refractivity contribution in [3.63, 3.8) is 0 Å². The number of hydrogen-bond donors (Lipinski definition) is 1. The molecule has 1 aromatic rings. The van der Waals surface area contributed by atoms with Gasteiger partial charge in [-0.05, 0) is 18.4 Å². The molecule has 0 saturated carbocycles. The molecule has 0 fully saturated rings. The van der Waals surface area contributed by atoms with Crippen LogP contribution in [0.4, 0.5) is 5.82 Å². The molecule has 0 aromatic carbocycles. The van der Waals surface area contributed by atoms with Crippen molar-refractivity contribution >= 4 is 5.82 Å². The van der Waals surface area contributed by atoms with Crippen LogP contribution in [-0.2, 0) is 6.54 Å². The molecule has 84 valence electrons. The number of rotatable bonds is 5. The first-order valence-electron chi connectivity index (χ1n) is 5.50. The van der Waals surface area contributed by atoms with Crippen molar-refractivity contribution in [2.45, 2.75) is 26.8 Å². The Balaban J connectivity index is 2.68. The van der Waals surface area contributed by atoms with Crippen molar-refractivity contribution in [1.82, 2.24) is 4.98 Å². The van der Waals surface area contributed by atoms with Crippen LogP contribution < -0.4 is 10.6 Å². The van der Waals surface area contributed by atoms with Gasteiger partial charge in [-0.3, -0.25) is 0 Å². The second kappa shape index (κ2) is 5.71. The van der Waals surface area contributed by atoms with Gasteiger partial charge in [0.1, 0.15) is 5.82 Å². The number of nitrogens with two attached hydrogens (primary N) is 1. The number of nitrogens with zero attached hydrogens (tertiary/aromatic N) is 2. The molecule has 1 rings (SSSR count). The van der Waals surface area contributed by atoms with E-state index in [1.807, 2.05) is 18.3 Å². The Bertz CT molecular complexity index is 297. The average Bonchev–Trinajstić information content (AvgIpc) is 2.25. The second-order valence-corrected chi connectivity index (χ2v) is 4.29. The van der Waals surface area contributed by atoms with E-state index in [9.17, 15) is 0 Å². The van der Waals surface area contributed by atoms with Gasteiger partial charge >= 0.3 is 0 Å². The molecule has 0 saturated heterocycles. The van der Waals surface area contributed by atoms with Crippen molar-refractivity contribution < 1.29 is 0 Å². The number of anilines is 1. The zero-order valence-corrected chi connectivity index (χ0v) is 9.90. The van der Waals surface area contributed by atoms with E-state index in [4.69, 9.17) is 5.73 Å². The van der Waals surface area contributed by atoms with Crippen molar-refractivity contribution in [3.05, 3.63) is 23.9 Å². The highest BCUT2D eigenvalue weighted by Gasteiger charge is 2.07. The van der Waals surface area contributed by atoms with Gasteiger partial charge in [0.2, 0.25) is 0 Å². The van der Waals surface area contributed by atoms with Crippen LogP contribution in [0.3, 0.4) is 0 Å². The fourth-order valence-electron chi connectivity index (χ4n) is 1.49. The summed E-state index contributed by atoms with van der Waals surface area (Å²) < 4.78 is 0. The molecule has 0 spiro atoms. The molecule has 0 radical (unpaired) electrons. The Morgan fingerprint density at radius 2 is 2.20 bits per heavy atom. The van der Waals surface area contributed by atoms with Crippen LogP contribution in [-0.4, -0.2) is 18.6 Å². The maximum Gasteiger partial charge on any atom is 0.132 e. The van der Waals surface area contributed by atoms with Crippen molar-refractivity contribution in [2.75, 3.05) is 18.5 Å². The lowest BCUT2D eigenvalue weighted by Crippen LogP contribution is -2.23. The molecule has 0 aliphatic carbocycles. The third kappa shape index (κ3) is 3.51. The molecule has 0 bridgehead atoms. The summed E-state index contributed by atoms with van der Waals surface area (Å²) in [7, 11) is 2.07. The van der Waals surface area contributed by atoms with E-state index in [1.54, 1.807) is 0 Å². The van der Waals surface area contributed by atoms with Crippen LogP contribution in [0.15, 0.2) is 18.3 Å². The van der Waals surface area contributed by atoms with Gasteiger partial charge in [-0.2, -0.15) is 0 Å². The van der Waals surface area contributed by atoms with Gasteiger partial charge in [-0.1, -0.05) is 19.9 Å². The Kier molecular flexibility index (Phi) is 4.56. The Hall–Kier alpha value is -1.09. The van der Waals surface area contributed by atoms with E-state index in [-0.39, 0.29) is 0 Å². The van der Waals surface area contributed by atoms with Crippen LogP contribution in [0.2, 0.25) is 0 Å². The van der Waals surface area contributed by atoms with Gasteiger partial charge in [0, 0.05) is 31.9 Å². The van der Waals surface area contributed by atoms with Crippen LogP contribution in [0.1, 0.15) is 25.8 Å². The Morgan fingerprint density at radius 1 is 1.47 bits per heavy atom. The molecule has 1 aromatic heterocycles. The Morgan fingerprint density at radius 3 is 2.80 bits per heavy atom. The molecule has 0 aliphatic heterocycles. The maximum absolute atomic E-state index is 5.68. The van der Waals surface area contributed by atoms with Gasteiger partial charge in [0.05, 0.1) is 0 Å². The molecule has 3 nitrogen and oxygen atoms in total. The first kappa shape index (κ1) is 12.0. The monoisotopic (exact) mass is 207 g/mol. The quantitative estimate of drug-likeness (QED) is 0.803. The SMILES string of the molecule is CC(C)CCN(C)c1ncccc1CN. The van der Waals surface area contributed by atoms with Gasteiger partial charge in [-0.25, -0.2) is 4.98 Å². The highest BCUT2D eigenvalue weighted by Crippen LogP contribution is 2.15. The smallest absolute Gasteiger partial charge is 0.132 e. The van der Waals surface area contributed by atoms with E-state index < -0.39 is 0 Å². The van der Waals surface area contributed by atoms with E-state index >= 15 is 0 Å². The van der Waals surface area contributed by atoms with Crippen molar-refractivity contribution in [1.29, 1.82) is 0 Å². The lowest BCUT2D eigenvalue weighted by molar-refractivity contribution is 0.583. The predicted molar refractivity (Wildman–Crippen MR) is 64.9 cm³/mol. The highest BCUT2D eigenvalue weighted by molar-refractivity contribution is 5.45. The number of pyridine rings is 1. The summed E-state index contributed by atoms with van der Waals surface area (Å²) in [5.41, 5.74) is 6.79. The molecule has 15 heavy (non-hydrogen) atoms. The summed E-state index contributed by atoms with van der Waals surface area (Å²) in [5, 5.41) is 0. The van der Waals surface area contributed by atoms with Crippen LogP contribution in [0, 0.1) is 5.92 Å². The fraction of sp³-hybridized carbons (Fsp3) is 0.583. The molecule has 0 amide bonds.